The highest BCUT2D eigenvalue weighted by Gasteiger charge is 2.44. The van der Waals surface area contributed by atoms with E-state index in [2.05, 4.69) is 25.1 Å². The number of hydrogen-bond donors (Lipinski definition) is 2. The first-order valence-electron chi connectivity index (χ1n) is 5.47. The van der Waals surface area contributed by atoms with Crippen LogP contribution in [-0.4, -0.2) is 18.1 Å². The third-order valence-electron chi connectivity index (χ3n) is 3.41. The summed E-state index contributed by atoms with van der Waals surface area (Å²) in [7, 11) is 0. The van der Waals surface area contributed by atoms with E-state index < -0.39 is 0 Å². The van der Waals surface area contributed by atoms with Gasteiger partial charge in [0.2, 0.25) is 0 Å². The molecule has 3 N–H and O–H groups in total. The highest BCUT2D eigenvalue weighted by atomic mass is 15.0. The monoisotopic (exact) mass is 194 g/mol. The van der Waals surface area contributed by atoms with Gasteiger partial charge < -0.3 is 5.73 Å². The van der Waals surface area contributed by atoms with Crippen LogP contribution in [0.25, 0.3) is 0 Å². The molecule has 2 heteroatoms. The highest BCUT2D eigenvalue weighted by Crippen LogP contribution is 2.41. The molecule has 1 rings (SSSR count). The van der Waals surface area contributed by atoms with Gasteiger partial charge in [0.25, 0.3) is 0 Å². The largest absolute Gasteiger partial charge is 0.329 e. The van der Waals surface area contributed by atoms with E-state index in [-0.39, 0.29) is 11.6 Å². The summed E-state index contributed by atoms with van der Waals surface area (Å²) in [4.78, 5) is 0. The van der Waals surface area contributed by atoms with Gasteiger partial charge in [0.15, 0.2) is 0 Å². The molecule has 0 aromatic rings. The van der Waals surface area contributed by atoms with Gasteiger partial charge in [0.05, 0.1) is 6.04 Å². The highest BCUT2D eigenvalue weighted by molar-refractivity contribution is 5.08. The van der Waals surface area contributed by atoms with Crippen LogP contribution in [0.4, 0.5) is 0 Å². The lowest BCUT2D eigenvalue weighted by atomic mass is 9.64. The molecule has 0 bridgehead atoms. The fourth-order valence-corrected chi connectivity index (χ4v) is 2.26. The van der Waals surface area contributed by atoms with E-state index in [4.69, 9.17) is 12.2 Å². The van der Waals surface area contributed by atoms with Crippen molar-refractivity contribution in [2.24, 2.45) is 17.6 Å². The zero-order valence-electron chi connectivity index (χ0n) is 9.51. The number of nitrogens with two attached hydrogens (primary N) is 1. The Morgan fingerprint density at radius 1 is 1.50 bits per heavy atom. The molecule has 1 aliphatic rings. The molecule has 0 saturated heterocycles. The minimum absolute atomic E-state index is 0.126. The van der Waals surface area contributed by atoms with E-state index in [0.717, 1.165) is 11.8 Å². The van der Waals surface area contributed by atoms with Crippen LogP contribution < -0.4 is 11.1 Å². The quantitative estimate of drug-likeness (QED) is 0.663. The van der Waals surface area contributed by atoms with Crippen molar-refractivity contribution in [1.82, 2.24) is 5.32 Å². The Bertz CT molecular complexity index is 221. The van der Waals surface area contributed by atoms with Crippen molar-refractivity contribution < 1.29 is 0 Å². The van der Waals surface area contributed by atoms with Gasteiger partial charge in [-0.25, -0.2) is 0 Å². The molecule has 1 aliphatic carbocycles. The Balaban J connectivity index is 2.45. The van der Waals surface area contributed by atoms with Crippen molar-refractivity contribution >= 4 is 0 Å². The Morgan fingerprint density at radius 3 is 2.43 bits per heavy atom. The van der Waals surface area contributed by atoms with Gasteiger partial charge in [-0.05, 0) is 31.6 Å². The molecular formula is C12H22N2. The summed E-state index contributed by atoms with van der Waals surface area (Å²) in [6.45, 7) is 7.26. The molecule has 0 amide bonds. The molecule has 0 radical (unpaired) electrons. The molecule has 1 saturated carbocycles. The standard InChI is InChI=1S/C12H22N2/c1-5-10(4)14-12(8-13)6-11(7-12)9(2)3/h1,9-11,14H,6-8,13H2,2-4H3. The lowest BCUT2D eigenvalue weighted by molar-refractivity contribution is 0.0731. The number of rotatable bonds is 4. The Kier molecular flexibility index (Phi) is 3.58. The summed E-state index contributed by atoms with van der Waals surface area (Å²) in [5, 5.41) is 3.45. The van der Waals surface area contributed by atoms with Crippen LogP contribution in [0.15, 0.2) is 0 Å². The van der Waals surface area contributed by atoms with Crippen LogP contribution in [0.1, 0.15) is 33.6 Å². The van der Waals surface area contributed by atoms with Crippen LogP contribution in [0.5, 0.6) is 0 Å². The molecule has 0 spiro atoms. The first-order chi connectivity index (χ1) is 6.53. The zero-order chi connectivity index (χ0) is 10.8. The van der Waals surface area contributed by atoms with Crippen LogP contribution in [0.3, 0.4) is 0 Å². The molecule has 0 aliphatic heterocycles. The SMILES string of the molecule is C#CC(C)NC1(CN)CC(C(C)C)C1. The Morgan fingerprint density at radius 2 is 2.07 bits per heavy atom. The first kappa shape index (κ1) is 11.6. The fraction of sp³-hybridized carbons (Fsp3) is 0.833. The molecule has 1 unspecified atom stereocenters. The van der Waals surface area contributed by atoms with E-state index in [1.165, 1.54) is 12.8 Å². The summed E-state index contributed by atoms with van der Waals surface area (Å²) >= 11 is 0. The molecule has 2 nitrogen and oxygen atoms in total. The van der Waals surface area contributed by atoms with E-state index in [9.17, 15) is 0 Å². The van der Waals surface area contributed by atoms with Crippen molar-refractivity contribution in [1.29, 1.82) is 0 Å². The number of nitrogens with one attached hydrogen (secondary N) is 1. The van der Waals surface area contributed by atoms with Gasteiger partial charge in [-0.15, -0.1) is 6.42 Å². The number of hydrogen-bond acceptors (Lipinski definition) is 2. The second-order valence-electron chi connectivity index (χ2n) is 4.93. The first-order valence-corrected chi connectivity index (χ1v) is 5.47. The Hall–Kier alpha value is -0.520. The summed E-state index contributed by atoms with van der Waals surface area (Å²) in [6.07, 6.45) is 7.70. The summed E-state index contributed by atoms with van der Waals surface area (Å²) < 4.78 is 0. The van der Waals surface area contributed by atoms with Crippen LogP contribution in [0, 0.1) is 24.2 Å². The lowest BCUT2D eigenvalue weighted by Gasteiger charge is -2.50. The van der Waals surface area contributed by atoms with Gasteiger partial charge in [-0.1, -0.05) is 19.8 Å². The van der Waals surface area contributed by atoms with Crippen LogP contribution in [-0.2, 0) is 0 Å². The summed E-state index contributed by atoms with van der Waals surface area (Å²) in [5.41, 5.74) is 5.93. The van der Waals surface area contributed by atoms with Gasteiger partial charge in [0.1, 0.15) is 0 Å². The van der Waals surface area contributed by atoms with E-state index in [1.54, 1.807) is 0 Å². The van der Waals surface area contributed by atoms with E-state index in [0.29, 0.717) is 6.54 Å². The van der Waals surface area contributed by atoms with E-state index >= 15 is 0 Å². The Labute approximate surface area is 87.6 Å². The molecular weight excluding hydrogens is 172 g/mol. The van der Waals surface area contributed by atoms with Crippen molar-refractivity contribution in [3.05, 3.63) is 0 Å². The van der Waals surface area contributed by atoms with Crippen LogP contribution in [0.2, 0.25) is 0 Å². The second-order valence-corrected chi connectivity index (χ2v) is 4.93. The molecule has 0 aromatic carbocycles. The van der Waals surface area contributed by atoms with Gasteiger partial charge in [-0.3, -0.25) is 5.32 Å². The van der Waals surface area contributed by atoms with Gasteiger partial charge >= 0.3 is 0 Å². The van der Waals surface area contributed by atoms with Crippen molar-refractivity contribution in [3.63, 3.8) is 0 Å². The van der Waals surface area contributed by atoms with Gasteiger partial charge in [0, 0.05) is 12.1 Å². The predicted octanol–water partition coefficient (Wildman–Crippen LogP) is 1.36. The maximum atomic E-state index is 5.80. The van der Waals surface area contributed by atoms with Crippen molar-refractivity contribution in [2.75, 3.05) is 6.54 Å². The third kappa shape index (κ3) is 2.29. The predicted molar refractivity (Wildman–Crippen MR) is 60.8 cm³/mol. The topological polar surface area (TPSA) is 38.0 Å². The van der Waals surface area contributed by atoms with Crippen molar-refractivity contribution in [2.45, 2.75) is 45.2 Å². The van der Waals surface area contributed by atoms with Gasteiger partial charge in [-0.2, -0.15) is 0 Å². The zero-order valence-corrected chi connectivity index (χ0v) is 9.51. The number of terminal acetylenes is 1. The minimum atomic E-state index is 0.126. The molecule has 14 heavy (non-hydrogen) atoms. The molecule has 1 fully saturated rings. The molecule has 80 valence electrons. The third-order valence-corrected chi connectivity index (χ3v) is 3.41. The minimum Gasteiger partial charge on any atom is -0.329 e. The average Bonchev–Trinajstić information content (AvgIpc) is 2.09. The summed E-state index contributed by atoms with van der Waals surface area (Å²) in [5.74, 6) is 4.28. The molecule has 0 heterocycles. The van der Waals surface area contributed by atoms with Crippen LogP contribution >= 0.6 is 0 Å². The maximum absolute atomic E-state index is 5.80. The molecule has 1 atom stereocenters. The summed E-state index contributed by atoms with van der Waals surface area (Å²) in [6, 6.07) is 0.131. The fourth-order valence-electron chi connectivity index (χ4n) is 2.26. The average molecular weight is 194 g/mol. The normalized spacial score (nSPS) is 33.6. The lowest BCUT2D eigenvalue weighted by Crippen LogP contribution is -2.62. The molecule has 0 aromatic heterocycles. The van der Waals surface area contributed by atoms with E-state index in [1.807, 2.05) is 6.92 Å². The van der Waals surface area contributed by atoms with Crippen molar-refractivity contribution in [3.8, 4) is 12.3 Å². The second kappa shape index (κ2) is 4.33. The smallest absolute Gasteiger partial charge is 0.0663 e. The maximum Gasteiger partial charge on any atom is 0.0663 e.